The molecule has 0 aromatic carbocycles. The van der Waals surface area contributed by atoms with E-state index in [-0.39, 0.29) is 5.54 Å². The van der Waals surface area contributed by atoms with Gasteiger partial charge in [-0.05, 0) is 20.3 Å². The van der Waals surface area contributed by atoms with E-state index in [1.165, 1.54) is 0 Å². The smallest absolute Gasteiger partial charge is 0.0948 e. The molecule has 0 bridgehead atoms. The normalized spacial score (nSPS) is 22.2. The standard InChI is InChI=1S/C11H19N3O/c1-11(2,12)10-5-13-8-14(10)6-9-3-4-15-7-9/h5,8-9H,3-4,6-7,12H2,1-2H3. The molecular weight excluding hydrogens is 190 g/mol. The predicted octanol–water partition coefficient (Wildman–Crippen LogP) is 1.11. The number of imidazole rings is 1. The number of nitrogens with zero attached hydrogens (tertiary/aromatic N) is 2. The summed E-state index contributed by atoms with van der Waals surface area (Å²) in [5.74, 6) is 0.611. The van der Waals surface area contributed by atoms with Crippen LogP contribution in [0.4, 0.5) is 0 Å². The summed E-state index contributed by atoms with van der Waals surface area (Å²) in [4.78, 5) is 4.17. The Morgan fingerprint density at radius 3 is 3.07 bits per heavy atom. The molecule has 1 fully saturated rings. The minimum absolute atomic E-state index is 0.323. The third-order valence-electron chi connectivity index (χ3n) is 2.85. The summed E-state index contributed by atoms with van der Waals surface area (Å²) >= 11 is 0. The van der Waals surface area contributed by atoms with E-state index >= 15 is 0 Å². The highest BCUT2D eigenvalue weighted by Gasteiger charge is 2.22. The van der Waals surface area contributed by atoms with Crippen LogP contribution in [0.15, 0.2) is 12.5 Å². The van der Waals surface area contributed by atoms with E-state index in [9.17, 15) is 0 Å². The molecule has 0 spiro atoms. The number of aromatic nitrogens is 2. The van der Waals surface area contributed by atoms with Crippen molar-refractivity contribution in [3.8, 4) is 0 Å². The lowest BCUT2D eigenvalue weighted by molar-refractivity contribution is 0.182. The Hall–Kier alpha value is -0.870. The van der Waals surface area contributed by atoms with Gasteiger partial charge in [-0.3, -0.25) is 0 Å². The average molecular weight is 209 g/mol. The number of hydrogen-bond donors (Lipinski definition) is 1. The second-order valence-corrected chi connectivity index (χ2v) is 4.88. The van der Waals surface area contributed by atoms with E-state index in [0.717, 1.165) is 31.9 Å². The molecular formula is C11H19N3O. The van der Waals surface area contributed by atoms with Crippen LogP contribution < -0.4 is 5.73 Å². The van der Waals surface area contributed by atoms with Crippen molar-refractivity contribution < 1.29 is 4.74 Å². The Balaban J connectivity index is 2.11. The van der Waals surface area contributed by atoms with Gasteiger partial charge in [-0.2, -0.15) is 0 Å². The highest BCUT2D eigenvalue weighted by Crippen LogP contribution is 2.20. The summed E-state index contributed by atoms with van der Waals surface area (Å²) in [6.45, 7) is 6.73. The Kier molecular flexibility index (Phi) is 2.80. The zero-order valence-corrected chi connectivity index (χ0v) is 9.44. The summed E-state index contributed by atoms with van der Waals surface area (Å²) < 4.78 is 7.52. The summed E-state index contributed by atoms with van der Waals surface area (Å²) in [5.41, 5.74) is 6.85. The number of rotatable bonds is 3. The van der Waals surface area contributed by atoms with Crippen LogP contribution in [0.5, 0.6) is 0 Å². The van der Waals surface area contributed by atoms with Crippen molar-refractivity contribution in [3.05, 3.63) is 18.2 Å². The third-order valence-corrected chi connectivity index (χ3v) is 2.85. The SMILES string of the molecule is CC(C)(N)c1cncn1CC1CCOC1. The largest absolute Gasteiger partial charge is 0.381 e. The van der Waals surface area contributed by atoms with Crippen LogP contribution in [-0.4, -0.2) is 22.8 Å². The summed E-state index contributed by atoms with van der Waals surface area (Å²) in [6.07, 6.45) is 4.86. The fourth-order valence-corrected chi connectivity index (χ4v) is 2.01. The van der Waals surface area contributed by atoms with Crippen LogP contribution in [0.2, 0.25) is 0 Å². The fourth-order valence-electron chi connectivity index (χ4n) is 2.01. The average Bonchev–Trinajstić information content (AvgIpc) is 2.73. The van der Waals surface area contributed by atoms with E-state index < -0.39 is 0 Å². The van der Waals surface area contributed by atoms with Gasteiger partial charge in [0.2, 0.25) is 0 Å². The first kappa shape index (κ1) is 10.6. The second kappa shape index (κ2) is 3.94. The van der Waals surface area contributed by atoms with E-state index in [2.05, 4.69) is 9.55 Å². The lowest BCUT2D eigenvalue weighted by Crippen LogP contribution is -2.32. The van der Waals surface area contributed by atoms with E-state index in [0.29, 0.717) is 5.92 Å². The van der Waals surface area contributed by atoms with E-state index in [1.54, 1.807) is 0 Å². The maximum absolute atomic E-state index is 6.08. The molecule has 1 aromatic heterocycles. The summed E-state index contributed by atoms with van der Waals surface area (Å²) in [7, 11) is 0. The van der Waals surface area contributed by atoms with Crippen molar-refractivity contribution >= 4 is 0 Å². The van der Waals surface area contributed by atoms with Gasteiger partial charge in [0.15, 0.2) is 0 Å². The molecule has 2 N–H and O–H groups in total. The first-order valence-corrected chi connectivity index (χ1v) is 5.44. The lowest BCUT2D eigenvalue weighted by Gasteiger charge is -2.22. The van der Waals surface area contributed by atoms with Gasteiger partial charge in [0.05, 0.1) is 24.2 Å². The van der Waals surface area contributed by atoms with Gasteiger partial charge < -0.3 is 15.0 Å². The van der Waals surface area contributed by atoms with Crippen molar-refractivity contribution in [2.45, 2.75) is 32.4 Å². The molecule has 2 heterocycles. The number of hydrogen-bond acceptors (Lipinski definition) is 3. The fraction of sp³-hybridized carbons (Fsp3) is 0.727. The highest BCUT2D eigenvalue weighted by molar-refractivity contribution is 5.09. The van der Waals surface area contributed by atoms with Crippen molar-refractivity contribution in [2.75, 3.05) is 13.2 Å². The van der Waals surface area contributed by atoms with Crippen LogP contribution in [0.25, 0.3) is 0 Å². The Morgan fingerprint density at radius 1 is 1.67 bits per heavy atom. The molecule has 1 aliphatic heterocycles. The van der Waals surface area contributed by atoms with Crippen LogP contribution in [0, 0.1) is 5.92 Å². The molecule has 1 aromatic rings. The summed E-state index contributed by atoms with van der Waals surface area (Å²) in [6, 6.07) is 0. The molecule has 1 saturated heterocycles. The maximum Gasteiger partial charge on any atom is 0.0948 e. The Bertz CT molecular complexity index is 321. The van der Waals surface area contributed by atoms with Gasteiger partial charge in [0, 0.05) is 25.3 Å². The maximum atomic E-state index is 6.08. The van der Waals surface area contributed by atoms with Gasteiger partial charge in [0.25, 0.3) is 0 Å². The lowest BCUT2D eigenvalue weighted by atomic mass is 10.0. The Labute approximate surface area is 90.4 Å². The van der Waals surface area contributed by atoms with Gasteiger partial charge in [-0.1, -0.05) is 0 Å². The highest BCUT2D eigenvalue weighted by atomic mass is 16.5. The second-order valence-electron chi connectivity index (χ2n) is 4.88. The van der Waals surface area contributed by atoms with Gasteiger partial charge in [-0.15, -0.1) is 0 Å². The molecule has 0 saturated carbocycles. The zero-order valence-electron chi connectivity index (χ0n) is 9.44. The first-order valence-electron chi connectivity index (χ1n) is 5.44. The minimum atomic E-state index is -0.323. The molecule has 4 heteroatoms. The van der Waals surface area contributed by atoms with E-state index in [4.69, 9.17) is 10.5 Å². The van der Waals surface area contributed by atoms with Crippen LogP contribution in [0.3, 0.4) is 0 Å². The molecule has 1 atom stereocenters. The topological polar surface area (TPSA) is 53.1 Å². The van der Waals surface area contributed by atoms with Crippen molar-refractivity contribution in [1.82, 2.24) is 9.55 Å². The van der Waals surface area contributed by atoms with Gasteiger partial charge in [0.1, 0.15) is 0 Å². The quantitative estimate of drug-likeness (QED) is 0.811. The van der Waals surface area contributed by atoms with Gasteiger partial charge in [-0.25, -0.2) is 4.98 Å². The Morgan fingerprint density at radius 2 is 2.47 bits per heavy atom. The monoisotopic (exact) mass is 209 g/mol. The third kappa shape index (κ3) is 2.38. The molecule has 84 valence electrons. The minimum Gasteiger partial charge on any atom is -0.381 e. The molecule has 0 aliphatic carbocycles. The number of ether oxygens (including phenoxy) is 1. The molecule has 1 unspecified atom stereocenters. The molecule has 2 rings (SSSR count). The molecule has 0 amide bonds. The van der Waals surface area contributed by atoms with Crippen LogP contribution >= 0.6 is 0 Å². The van der Waals surface area contributed by atoms with Crippen molar-refractivity contribution in [1.29, 1.82) is 0 Å². The first-order chi connectivity index (χ1) is 7.07. The van der Waals surface area contributed by atoms with Gasteiger partial charge >= 0.3 is 0 Å². The van der Waals surface area contributed by atoms with Crippen LogP contribution in [0.1, 0.15) is 26.0 Å². The van der Waals surface area contributed by atoms with Crippen molar-refractivity contribution in [2.24, 2.45) is 11.7 Å². The predicted molar refractivity (Wildman–Crippen MR) is 58.4 cm³/mol. The number of nitrogens with two attached hydrogens (primary N) is 1. The van der Waals surface area contributed by atoms with E-state index in [1.807, 2.05) is 26.4 Å². The molecule has 15 heavy (non-hydrogen) atoms. The molecule has 1 aliphatic rings. The molecule has 0 radical (unpaired) electrons. The molecule has 4 nitrogen and oxygen atoms in total. The summed E-state index contributed by atoms with van der Waals surface area (Å²) in [5, 5.41) is 0. The van der Waals surface area contributed by atoms with Crippen LogP contribution in [-0.2, 0) is 16.8 Å². The van der Waals surface area contributed by atoms with Crippen molar-refractivity contribution in [3.63, 3.8) is 0 Å². The zero-order chi connectivity index (χ0) is 10.9.